The maximum absolute atomic E-state index is 11.1. The summed E-state index contributed by atoms with van der Waals surface area (Å²) in [5, 5.41) is 11.1. The summed E-state index contributed by atoms with van der Waals surface area (Å²) >= 11 is 0. The first-order chi connectivity index (χ1) is 10.5. The molecular formula is C15H21N5O2. The third-order valence-electron chi connectivity index (χ3n) is 4.10. The largest absolute Gasteiger partial charge is 0.361 e. The van der Waals surface area contributed by atoms with Crippen molar-refractivity contribution in [1.29, 1.82) is 0 Å². The van der Waals surface area contributed by atoms with Crippen molar-refractivity contribution in [2.75, 3.05) is 18.4 Å². The number of amides is 1. The second kappa shape index (κ2) is 5.92. The predicted octanol–water partition coefficient (Wildman–Crippen LogP) is 1.89. The SMILES string of the molecule is CC(=O)Nc1ccn(C2CCN(Cc3c(C)noc3C)C2)n1. The highest BCUT2D eigenvalue weighted by molar-refractivity contribution is 5.87. The second-order valence-corrected chi connectivity index (χ2v) is 5.84. The Balaban J connectivity index is 1.62. The highest BCUT2D eigenvalue weighted by Crippen LogP contribution is 2.25. The highest BCUT2D eigenvalue weighted by atomic mass is 16.5. The Morgan fingerprint density at radius 1 is 1.50 bits per heavy atom. The number of hydrogen-bond acceptors (Lipinski definition) is 5. The van der Waals surface area contributed by atoms with Crippen LogP contribution in [0.25, 0.3) is 0 Å². The zero-order valence-corrected chi connectivity index (χ0v) is 13.2. The molecule has 7 nitrogen and oxygen atoms in total. The molecule has 118 valence electrons. The zero-order chi connectivity index (χ0) is 15.7. The first-order valence-electron chi connectivity index (χ1n) is 7.50. The fourth-order valence-electron chi connectivity index (χ4n) is 2.91. The first kappa shape index (κ1) is 14.8. The molecule has 0 aromatic carbocycles. The molecule has 1 unspecified atom stereocenters. The summed E-state index contributed by atoms with van der Waals surface area (Å²) in [5.41, 5.74) is 2.15. The first-order valence-corrected chi connectivity index (χ1v) is 7.50. The molecule has 1 aliphatic rings. The standard InChI is InChI=1S/C15H21N5O2/c1-10-14(11(2)22-18-10)9-19-6-4-13(8-19)20-7-5-15(17-20)16-12(3)21/h5,7,13H,4,6,8-9H2,1-3H3,(H,16,17,21). The Bertz CT molecular complexity index is 656. The van der Waals surface area contributed by atoms with Gasteiger partial charge in [-0.05, 0) is 20.3 Å². The number of carbonyl (C=O) groups excluding carboxylic acids is 1. The molecule has 3 heterocycles. The normalized spacial score (nSPS) is 18.8. The van der Waals surface area contributed by atoms with E-state index in [9.17, 15) is 4.79 Å². The van der Waals surface area contributed by atoms with Gasteiger partial charge in [0.2, 0.25) is 5.91 Å². The van der Waals surface area contributed by atoms with Crippen molar-refractivity contribution in [2.45, 2.75) is 39.8 Å². The van der Waals surface area contributed by atoms with E-state index in [2.05, 4.69) is 20.5 Å². The quantitative estimate of drug-likeness (QED) is 0.933. The number of rotatable bonds is 4. The van der Waals surface area contributed by atoms with Crippen molar-refractivity contribution in [3.8, 4) is 0 Å². The van der Waals surface area contributed by atoms with E-state index in [-0.39, 0.29) is 5.91 Å². The lowest BCUT2D eigenvalue weighted by atomic mass is 10.2. The molecule has 0 radical (unpaired) electrons. The second-order valence-electron chi connectivity index (χ2n) is 5.84. The third kappa shape index (κ3) is 3.04. The molecule has 2 aromatic heterocycles. The molecule has 0 bridgehead atoms. The van der Waals surface area contributed by atoms with Crippen molar-refractivity contribution in [3.63, 3.8) is 0 Å². The number of nitrogens with one attached hydrogen (secondary N) is 1. The zero-order valence-electron chi connectivity index (χ0n) is 13.2. The van der Waals surface area contributed by atoms with Crippen LogP contribution in [0.3, 0.4) is 0 Å². The van der Waals surface area contributed by atoms with E-state index in [1.54, 1.807) is 0 Å². The lowest BCUT2D eigenvalue weighted by Crippen LogP contribution is -2.22. The van der Waals surface area contributed by atoms with Crippen LogP contribution in [0.2, 0.25) is 0 Å². The van der Waals surface area contributed by atoms with E-state index < -0.39 is 0 Å². The number of carbonyl (C=O) groups is 1. The van der Waals surface area contributed by atoms with Gasteiger partial charge in [0.05, 0.1) is 11.7 Å². The predicted molar refractivity (Wildman–Crippen MR) is 81.4 cm³/mol. The van der Waals surface area contributed by atoms with Gasteiger partial charge in [0.25, 0.3) is 0 Å². The van der Waals surface area contributed by atoms with Gasteiger partial charge in [-0.1, -0.05) is 5.16 Å². The van der Waals surface area contributed by atoms with Crippen LogP contribution in [0.4, 0.5) is 5.82 Å². The molecule has 22 heavy (non-hydrogen) atoms. The Morgan fingerprint density at radius 3 is 3.00 bits per heavy atom. The van der Waals surface area contributed by atoms with Crippen LogP contribution in [0.1, 0.15) is 36.4 Å². The molecule has 2 aromatic rings. The van der Waals surface area contributed by atoms with E-state index >= 15 is 0 Å². The number of likely N-dealkylation sites (tertiary alicyclic amines) is 1. The molecular weight excluding hydrogens is 282 g/mol. The summed E-state index contributed by atoms with van der Waals surface area (Å²) < 4.78 is 7.17. The number of aryl methyl sites for hydroxylation is 2. The Hall–Kier alpha value is -2.15. The molecule has 1 amide bonds. The lowest BCUT2D eigenvalue weighted by molar-refractivity contribution is -0.114. The molecule has 0 saturated carbocycles. The molecule has 0 aliphatic carbocycles. The Morgan fingerprint density at radius 2 is 2.32 bits per heavy atom. The molecule has 1 saturated heterocycles. The van der Waals surface area contributed by atoms with Gasteiger partial charge in [0, 0.05) is 44.4 Å². The summed E-state index contributed by atoms with van der Waals surface area (Å²) in [5.74, 6) is 1.40. The minimum Gasteiger partial charge on any atom is -0.361 e. The molecule has 1 atom stereocenters. The summed E-state index contributed by atoms with van der Waals surface area (Å²) in [6.45, 7) is 8.23. The van der Waals surface area contributed by atoms with Gasteiger partial charge >= 0.3 is 0 Å². The summed E-state index contributed by atoms with van der Waals surface area (Å²) in [6.07, 6.45) is 2.97. The molecule has 1 fully saturated rings. The topological polar surface area (TPSA) is 76.2 Å². The maximum atomic E-state index is 11.1. The van der Waals surface area contributed by atoms with Gasteiger partial charge in [0.1, 0.15) is 5.76 Å². The molecule has 0 spiro atoms. The van der Waals surface area contributed by atoms with Crippen molar-refractivity contribution in [3.05, 3.63) is 29.3 Å². The van der Waals surface area contributed by atoms with E-state index in [1.807, 2.05) is 30.8 Å². The van der Waals surface area contributed by atoms with E-state index in [0.29, 0.717) is 11.9 Å². The van der Waals surface area contributed by atoms with Gasteiger partial charge in [-0.25, -0.2) is 0 Å². The van der Waals surface area contributed by atoms with Crippen LogP contribution in [0.15, 0.2) is 16.8 Å². The molecule has 1 aliphatic heterocycles. The Kier molecular flexibility index (Phi) is 3.98. The highest BCUT2D eigenvalue weighted by Gasteiger charge is 2.26. The number of nitrogens with zero attached hydrogens (tertiary/aromatic N) is 4. The van der Waals surface area contributed by atoms with Crippen LogP contribution in [-0.4, -0.2) is 38.8 Å². The average molecular weight is 303 g/mol. The molecule has 7 heteroatoms. The van der Waals surface area contributed by atoms with Crippen molar-refractivity contribution in [2.24, 2.45) is 0 Å². The Labute approximate surface area is 129 Å². The van der Waals surface area contributed by atoms with Crippen molar-refractivity contribution >= 4 is 11.7 Å². The maximum Gasteiger partial charge on any atom is 0.222 e. The fraction of sp³-hybridized carbons (Fsp3) is 0.533. The van der Waals surface area contributed by atoms with Crippen LogP contribution in [0, 0.1) is 13.8 Å². The van der Waals surface area contributed by atoms with Crippen molar-refractivity contribution in [1.82, 2.24) is 19.8 Å². The van der Waals surface area contributed by atoms with E-state index in [4.69, 9.17) is 4.52 Å². The van der Waals surface area contributed by atoms with Crippen LogP contribution >= 0.6 is 0 Å². The monoisotopic (exact) mass is 303 g/mol. The van der Waals surface area contributed by atoms with Gasteiger partial charge in [0.15, 0.2) is 5.82 Å². The van der Waals surface area contributed by atoms with Crippen molar-refractivity contribution < 1.29 is 9.32 Å². The molecule has 1 N–H and O–H groups in total. The van der Waals surface area contributed by atoms with E-state index in [0.717, 1.165) is 37.5 Å². The van der Waals surface area contributed by atoms with Gasteiger partial charge in [-0.15, -0.1) is 0 Å². The number of hydrogen-bond donors (Lipinski definition) is 1. The third-order valence-corrected chi connectivity index (χ3v) is 4.10. The van der Waals surface area contributed by atoms with Gasteiger partial charge < -0.3 is 9.84 Å². The number of anilines is 1. The smallest absolute Gasteiger partial charge is 0.222 e. The van der Waals surface area contributed by atoms with Crippen LogP contribution in [-0.2, 0) is 11.3 Å². The minimum absolute atomic E-state index is 0.100. The summed E-state index contributed by atoms with van der Waals surface area (Å²) in [7, 11) is 0. The van der Waals surface area contributed by atoms with E-state index in [1.165, 1.54) is 12.5 Å². The van der Waals surface area contributed by atoms with Crippen LogP contribution < -0.4 is 5.32 Å². The minimum atomic E-state index is -0.100. The number of aromatic nitrogens is 3. The average Bonchev–Trinajstić information content (AvgIpc) is 3.15. The molecule has 3 rings (SSSR count). The fourth-order valence-corrected chi connectivity index (χ4v) is 2.91. The van der Waals surface area contributed by atoms with Gasteiger partial charge in [-0.3, -0.25) is 14.4 Å². The summed E-state index contributed by atoms with van der Waals surface area (Å²) in [4.78, 5) is 13.4. The lowest BCUT2D eigenvalue weighted by Gasteiger charge is -2.16. The van der Waals surface area contributed by atoms with Crippen LogP contribution in [0.5, 0.6) is 0 Å². The van der Waals surface area contributed by atoms with Gasteiger partial charge in [-0.2, -0.15) is 5.10 Å². The summed E-state index contributed by atoms with van der Waals surface area (Å²) in [6, 6.07) is 2.17.